The summed E-state index contributed by atoms with van der Waals surface area (Å²) in [4.78, 5) is 21.5. The lowest BCUT2D eigenvalue weighted by molar-refractivity contribution is 0.0627. The van der Waals surface area contributed by atoms with E-state index in [0.717, 1.165) is 30.8 Å². The molecule has 2 aromatic carbocycles. The van der Waals surface area contributed by atoms with Crippen LogP contribution in [0.4, 0.5) is 0 Å². The topological polar surface area (TPSA) is 82.6 Å². The normalized spacial score (nSPS) is 14.9. The molecule has 7 nitrogen and oxygen atoms in total. The van der Waals surface area contributed by atoms with Gasteiger partial charge in [0.05, 0.1) is 4.90 Å². The molecule has 33 heavy (non-hydrogen) atoms. The van der Waals surface area contributed by atoms with E-state index in [1.165, 1.54) is 11.6 Å². The number of aryl methyl sites for hydroxylation is 1. The van der Waals surface area contributed by atoms with Crippen molar-refractivity contribution in [1.82, 2.24) is 19.5 Å². The molecule has 2 heterocycles. The van der Waals surface area contributed by atoms with E-state index < -0.39 is 10.0 Å². The van der Waals surface area contributed by atoms with E-state index in [0.29, 0.717) is 18.7 Å². The fourth-order valence-electron chi connectivity index (χ4n) is 3.88. The molecule has 172 valence electrons. The van der Waals surface area contributed by atoms with Gasteiger partial charge < -0.3 is 4.90 Å². The monoisotopic (exact) mass is 464 g/mol. The Balaban J connectivity index is 1.41. The average molecular weight is 465 g/mol. The maximum atomic E-state index is 13.2. The maximum absolute atomic E-state index is 13.2. The number of rotatable bonds is 7. The van der Waals surface area contributed by atoms with E-state index in [1.54, 1.807) is 29.4 Å². The van der Waals surface area contributed by atoms with Crippen LogP contribution in [-0.2, 0) is 23.1 Å². The highest BCUT2D eigenvalue weighted by molar-refractivity contribution is 7.89. The first kappa shape index (κ1) is 23.1. The Hall–Kier alpha value is -3.07. The maximum Gasteiger partial charge on any atom is 0.254 e. The zero-order valence-corrected chi connectivity index (χ0v) is 19.5. The van der Waals surface area contributed by atoms with Crippen LogP contribution in [0.5, 0.6) is 0 Å². The lowest BCUT2D eigenvalue weighted by atomic mass is 10.1. The second kappa shape index (κ2) is 10.2. The van der Waals surface area contributed by atoms with Gasteiger partial charge in [0.2, 0.25) is 10.0 Å². The van der Waals surface area contributed by atoms with Crippen LogP contribution in [0, 0.1) is 6.92 Å². The third-order valence-corrected chi connectivity index (χ3v) is 7.27. The summed E-state index contributed by atoms with van der Waals surface area (Å²) in [6, 6.07) is 18.1. The smallest absolute Gasteiger partial charge is 0.254 e. The van der Waals surface area contributed by atoms with E-state index in [1.807, 2.05) is 49.4 Å². The molecular formula is C25H28N4O3S. The number of nitrogens with zero attached hydrogens (tertiary/aromatic N) is 3. The molecule has 0 radical (unpaired) electrons. The molecule has 4 rings (SSSR count). The minimum absolute atomic E-state index is 0.101. The number of pyridine rings is 1. The average Bonchev–Trinajstić information content (AvgIpc) is 2.84. The second-order valence-electron chi connectivity index (χ2n) is 8.21. The molecule has 0 saturated carbocycles. The first-order valence-electron chi connectivity index (χ1n) is 11.0. The summed E-state index contributed by atoms with van der Waals surface area (Å²) in [6.07, 6.45) is 3.57. The van der Waals surface area contributed by atoms with Gasteiger partial charge in [-0.15, -0.1) is 0 Å². The molecule has 1 amide bonds. The zero-order chi connectivity index (χ0) is 23.3. The van der Waals surface area contributed by atoms with Crippen LogP contribution in [0.25, 0.3) is 0 Å². The number of sulfonamides is 1. The van der Waals surface area contributed by atoms with Crippen LogP contribution >= 0.6 is 0 Å². The highest BCUT2D eigenvalue weighted by atomic mass is 32.2. The molecule has 1 aromatic heterocycles. The summed E-state index contributed by atoms with van der Waals surface area (Å²) in [6.45, 7) is 5.59. The third kappa shape index (κ3) is 5.84. The van der Waals surface area contributed by atoms with Crippen molar-refractivity contribution >= 4 is 15.9 Å². The van der Waals surface area contributed by atoms with Gasteiger partial charge in [0.25, 0.3) is 5.91 Å². The van der Waals surface area contributed by atoms with Crippen molar-refractivity contribution in [3.63, 3.8) is 0 Å². The number of benzene rings is 2. The molecular weight excluding hydrogens is 436 g/mol. The molecule has 1 saturated heterocycles. The van der Waals surface area contributed by atoms with Crippen LogP contribution in [0.15, 0.2) is 78.0 Å². The number of piperazine rings is 1. The number of aromatic nitrogens is 1. The highest BCUT2D eigenvalue weighted by Crippen LogP contribution is 2.19. The molecule has 1 fully saturated rings. The second-order valence-corrected chi connectivity index (χ2v) is 9.98. The minimum atomic E-state index is -3.74. The van der Waals surface area contributed by atoms with Gasteiger partial charge in [-0.05, 0) is 47.9 Å². The van der Waals surface area contributed by atoms with Crippen molar-refractivity contribution in [2.45, 2.75) is 24.9 Å². The van der Waals surface area contributed by atoms with Crippen molar-refractivity contribution in [3.05, 3.63) is 95.3 Å². The van der Waals surface area contributed by atoms with E-state index in [2.05, 4.69) is 14.6 Å². The van der Waals surface area contributed by atoms with Crippen molar-refractivity contribution in [1.29, 1.82) is 0 Å². The summed E-state index contributed by atoms with van der Waals surface area (Å²) < 4.78 is 28.3. The van der Waals surface area contributed by atoms with Crippen molar-refractivity contribution in [3.8, 4) is 0 Å². The molecule has 0 atom stereocenters. The fourth-order valence-corrected chi connectivity index (χ4v) is 4.93. The van der Waals surface area contributed by atoms with Gasteiger partial charge in [0.15, 0.2) is 0 Å². The van der Waals surface area contributed by atoms with E-state index in [9.17, 15) is 13.2 Å². The molecule has 0 unspecified atom stereocenters. The van der Waals surface area contributed by atoms with Gasteiger partial charge in [0, 0.05) is 57.2 Å². The van der Waals surface area contributed by atoms with Crippen molar-refractivity contribution in [2.24, 2.45) is 0 Å². The molecule has 0 spiro atoms. The predicted molar refractivity (Wildman–Crippen MR) is 127 cm³/mol. The first-order valence-corrected chi connectivity index (χ1v) is 12.5. The summed E-state index contributed by atoms with van der Waals surface area (Å²) in [7, 11) is -3.74. The third-order valence-electron chi connectivity index (χ3n) is 5.87. The molecule has 3 aromatic rings. The molecule has 1 aliphatic heterocycles. The highest BCUT2D eigenvalue weighted by Gasteiger charge is 2.25. The van der Waals surface area contributed by atoms with Crippen molar-refractivity contribution in [2.75, 3.05) is 26.2 Å². The molecule has 0 bridgehead atoms. The Labute approximate surface area is 195 Å². The molecule has 1 aliphatic rings. The Morgan fingerprint density at radius 3 is 2.33 bits per heavy atom. The largest absolute Gasteiger partial charge is 0.336 e. The van der Waals surface area contributed by atoms with Gasteiger partial charge in [0.1, 0.15) is 0 Å². The van der Waals surface area contributed by atoms with E-state index >= 15 is 0 Å². The van der Waals surface area contributed by atoms with Crippen LogP contribution in [0.2, 0.25) is 0 Å². The zero-order valence-electron chi connectivity index (χ0n) is 18.6. The van der Waals surface area contributed by atoms with Crippen LogP contribution in [0.1, 0.15) is 27.0 Å². The summed E-state index contributed by atoms with van der Waals surface area (Å²) in [5, 5.41) is 0. The Morgan fingerprint density at radius 2 is 1.64 bits per heavy atom. The summed E-state index contributed by atoms with van der Waals surface area (Å²) in [5.74, 6) is -0.129. The summed E-state index contributed by atoms with van der Waals surface area (Å²) >= 11 is 0. The van der Waals surface area contributed by atoms with Gasteiger partial charge in [-0.1, -0.05) is 36.4 Å². The number of carbonyl (C=O) groups is 1. The number of amides is 1. The van der Waals surface area contributed by atoms with Crippen molar-refractivity contribution < 1.29 is 13.2 Å². The van der Waals surface area contributed by atoms with Gasteiger partial charge in [-0.2, -0.15) is 0 Å². The minimum Gasteiger partial charge on any atom is -0.336 e. The number of carbonyl (C=O) groups excluding carboxylic acids is 1. The Bertz CT molecular complexity index is 1190. The summed E-state index contributed by atoms with van der Waals surface area (Å²) in [5.41, 5.74) is 3.26. The molecule has 0 aliphatic carbocycles. The van der Waals surface area contributed by atoms with Gasteiger partial charge in [-0.3, -0.25) is 14.7 Å². The van der Waals surface area contributed by atoms with Gasteiger partial charge in [-0.25, -0.2) is 13.1 Å². The molecule has 1 N–H and O–H groups in total. The number of nitrogens with one attached hydrogen (secondary N) is 1. The fraction of sp³-hybridized carbons (Fsp3) is 0.280. The lowest BCUT2D eigenvalue weighted by Gasteiger charge is -2.35. The first-order chi connectivity index (χ1) is 15.9. The number of hydrogen-bond donors (Lipinski definition) is 1. The van der Waals surface area contributed by atoms with E-state index in [-0.39, 0.29) is 17.3 Å². The SMILES string of the molecule is Cc1ccc(S(=O)(=O)NCc2ccccc2)cc1C(=O)N1CCN(Cc2ccncc2)CC1. The van der Waals surface area contributed by atoms with Crippen LogP contribution < -0.4 is 4.72 Å². The van der Waals surface area contributed by atoms with E-state index in [4.69, 9.17) is 0 Å². The quantitative estimate of drug-likeness (QED) is 0.581. The molecule has 8 heteroatoms. The van der Waals surface area contributed by atoms with Gasteiger partial charge >= 0.3 is 0 Å². The number of hydrogen-bond acceptors (Lipinski definition) is 5. The van der Waals surface area contributed by atoms with Crippen LogP contribution in [-0.4, -0.2) is 55.3 Å². The van der Waals surface area contributed by atoms with Crippen LogP contribution in [0.3, 0.4) is 0 Å². The Kier molecular flexibility index (Phi) is 7.17. The lowest BCUT2D eigenvalue weighted by Crippen LogP contribution is -2.48. The standard InChI is InChI=1S/C25H28N4O3S/c1-20-7-8-23(33(31,32)27-18-21-5-3-2-4-6-21)17-24(20)25(30)29-15-13-28(14-16-29)19-22-9-11-26-12-10-22/h2-12,17,27H,13-16,18-19H2,1H3. The Morgan fingerprint density at radius 1 is 0.939 bits per heavy atom. The predicted octanol–water partition coefficient (Wildman–Crippen LogP) is 2.83.